The molecular weight excluding hydrogens is 442 g/mol. The van der Waals surface area contributed by atoms with Crippen LogP contribution in [-0.4, -0.2) is 70.9 Å². The van der Waals surface area contributed by atoms with Gasteiger partial charge >= 0.3 is 17.9 Å². The largest absolute Gasteiger partial charge is 0.490 e. The Morgan fingerprint density at radius 3 is 2.44 bits per heavy atom. The molecule has 1 N–H and O–H groups in total. The fourth-order valence-corrected chi connectivity index (χ4v) is 3.79. The average molecular weight is 472 g/mol. The van der Waals surface area contributed by atoms with Gasteiger partial charge in [-0.1, -0.05) is 11.6 Å². The van der Waals surface area contributed by atoms with E-state index >= 15 is 0 Å². The van der Waals surface area contributed by atoms with Crippen LogP contribution in [0.1, 0.15) is 39.2 Å². The molecule has 0 aliphatic carbocycles. The average Bonchev–Trinajstić information content (AvgIpc) is 2.70. The Morgan fingerprint density at radius 1 is 1.31 bits per heavy atom. The highest BCUT2D eigenvalue weighted by Gasteiger charge is 2.28. The fourth-order valence-electron chi connectivity index (χ4n) is 3.54. The Kier molecular flexibility index (Phi) is 8.54. The number of piperidine rings is 1. The van der Waals surface area contributed by atoms with Crippen LogP contribution in [0.15, 0.2) is 12.1 Å². The van der Waals surface area contributed by atoms with Gasteiger partial charge in [-0.25, -0.2) is 9.59 Å². The number of benzene rings is 1. The van der Waals surface area contributed by atoms with Crippen LogP contribution in [0.25, 0.3) is 0 Å². The number of halogens is 1. The summed E-state index contributed by atoms with van der Waals surface area (Å²) in [5, 5.41) is 20.5. The minimum Gasteiger partial charge on any atom is -0.490 e. The minimum absolute atomic E-state index is 0.0965. The molecule has 1 aromatic carbocycles. The van der Waals surface area contributed by atoms with E-state index in [-0.39, 0.29) is 28.9 Å². The molecule has 32 heavy (non-hydrogen) atoms. The maximum atomic E-state index is 12.8. The van der Waals surface area contributed by atoms with Gasteiger partial charge in [0.15, 0.2) is 5.75 Å². The van der Waals surface area contributed by atoms with Gasteiger partial charge in [-0.15, -0.1) is 0 Å². The van der Waals surface area contributed by atoms with E-state index in [4.69, 9.17) is 26.2 Å². The molecule has 2 amide bonds. The minimum atomic E-state index is -0.936. The molecule has 0 saturated carbocycles. The number of carboxylic acid groups (broad SMARTS) is 1. The van der Waals surface area contributed by atoms with E-state index in [9.17, 15) is 19.7 Å². The highest BCUT2D eigenvalue weighted by molar-refractivity contribution is 6.31. The summed E-state index contributed by atoms with van der Waals surface area (Å²) < 4.78 is 10.7. The van der Waals surface area contributed by atoms with E-state index in [1.54, 1.807) is 25.7 Å². The summed E-state index contributed by atoms with van der Waals surface area (Å²) in [6.45, 7) is 6.91. The molecule has 0 radical (unpaired) electrons. The van der Waals surface area contributed by atoms with Crippen molar-refractivity contribution < 1.29 is 29.1 Å². The Bertz CT molecular complexity index is 849. The van der Waals surface area contributed by atoms with Crippen LogP contribution in [-0.2, 0) is 11.2 Å². The van der Waals surface area contributed by atoms with Gasteiger partial charge in [-0.2, -0.15) is 0 Å². The number of likely N-dealkylation sites (tertiary alicyclic amines) is 1. The van der Waals surface area contributed by atoms with Crippen molar-refractivity contribution in [2.75, 3.05) is 33.3 Å². The quantitative estimate of drug-likeness (QED) is 0.461. The summed E-state index contributed by atoms with van der Waals surface area (Å²) in [5.41, 5.74) is -0.283. The number of rotatable bonds is 7. The zero-order valence-corrected chi connectivity index (χ0v) is 19.6. The molecule has 1 aliphatic heterocycles. The molecule has 11 heteroatoms. The summed E-state index contributed by atoms with van der Waals surface area (Å²) in [5.74, 6) is 0.235. The van der Waals surface area contributed by atoms with Crippen molar-refractivity contribution in [1.82, 2.24) is 9.80 Å². The van der Waals surface area contributed by atoms with Gasteiger partial charge < -0.3 is 24.4 Å². The van der Waals surface area contributed by atoms with E-state index in [1.807, 2.05) is 0 Å². The van der Waals surface area contributed by atoms with Crippen molar-refractivity contribution in [1.29, 1.82) is 0 Å². The van der Waals surface area contributed by atoms with Crippen molar-refractivity contribution in [2.24, 2.45) is 5.92 Å². The number of carbonyl (C=O) groups is 2. The standard InChI is InChI=1S/C21H30ClN3O7/c1-21(2,3)32-20(28)24(13-14-5-8-23(9-6-14)19(26)27)10-7-15-11-18(31-4)17(25(29)30)12-16(15)22/h11-12,14H,5-10,13H2,1-4H3,(H,26,27). The SMILES string of the molecule is COc1cc(CCN(CC2CCN(C(=O)O)CC2)C(=O)OC(C)(C)C)c(Cl)cc1[N+](=O)[O-]. The highest BCUT2D eigenvalue weighted by Crippen LogP contribution is 2.33. The maximum absolute atomic E-state index is 12.8. The fraction of sp³-hybridized carbons (Fsp3) is 0.619. The van der Waals surface area contributed by atoms with Crippen molar-refractivity contribution >= 4 is 29.5 Å². The second-order valence-corrected chi connectivity index (χ2v) is 9.17. The Labute approximate surface area is 192 Å². The first-order valence-electron chi connectivity index (χ1n) is 10.4. The molecule has 0 aromatic heterocycles. The zero-order valence-electron chi connectivity index (χ0n) is 18.8. The van der Waals surface area contributed by atoms with Crippen LogP contribution >= 0.6 is 11.6 Å². The molecule has 0 unspecified atom stereocenters. The van der Waals surface area contributed by atoms with Crippen LogP contribution in [0.2, 0.25) is 5.02 Å². The normalized spacial score (nSPS) is 14.7. The molecule has 1 aromatic rings. The van der Waals surface area contributed by atoms with Crippen LogP contribution in [0, 0.1) is 16.0 Å². The summed E-state index contributed by atoms with van der Waals surface area (Å²) in [7, 11) is 1.34. The smallest absolute Gasteiger partial charge is 0.410 e. The molecule has 0 spiro atoms. The van der Waals surface area contributed by atoms with Crippen molar-refractivity contribution in [2.45, 2.75) is 45.6 Å². The third kappa shape index (κ3) is 7.15. The Morgan fingerprint density at radius 2 is 1.94 bits per heavy atom. The van der Waals surface area contributed by atoms with Gasteiger partial charge in [0, 0.05) is 32.2 Å². The number of amides is 2. The topological polar surface area (TPSA) is 122 Å². The molecule has 178 valence electrons. The van der Waals surface area contributed by atoms with E-state index in [2.05, 4.69) is 0 Å². The lowest BCUT2D eigenvalue weighted by Gasteiger charge is -2.34. The lowest BCUT2D eigenvalue weighted by atomic mass is 9.96. The van der Waals surface area contributed by atoms with Gasteiger partial charge in [0.1, 0.15) is 5.60 Å². The molecule has 1 saturated heterocycles. The molecule has 10 nitrogen and oxygen atoms in total. The molecule has 0 atom stereocenters. The number of hydrogen-bond donors (Lipinski definition) is 1. The van der Waals surface area contributed by atoms with E-state index in [0.717, 1.165) is 0 Å². The maximum Gasteiger partial charge on any atom is 0.410 e. The van der Waals surface area contributed by atoms with E-state index in [1.165, 1.54) is 24.1 Å². The van der Waals surface area contributed by atoms with Gasteiger partial charge in [0.2, 0.25) is 0 Å². The van der Waals surface area contributed by atoms with Crippen LogP contribution in [0.5, 0.6) is 5.75 Å². The molecule has 1 heterocycles. The number of methoxy groups -OCH3 is 1. The predicted molar refractivity (Wildman–Crippen MR) is 118 cm³/mol. The van der Waals surface area contributed by atoms with Crippen LogP contribution < -0.4 is 4.74 Å². The summed E-state index contributed by atoms with van der Waals surface area (Å²) in [6, 6.07) is 2.76. The van der Waals surface area contributed by atoms with Crippen LogP contribution in [0.3, 0.4) is 0 Å². The predicted octanol–water partition coefficient (Wildman–Crippen LogP) is 4.43. The van der Waals surface area contributed by atoms with E-state index < -0.39 is 22.7 Å². The van der Waals surface area contributed by atoms with Crippen molar-refractivity contribution in [3.05, 3.63) is 32.8 Å². The second kappa shape index (κ2) is 10.7. The molecule has 1 fully saturated rings. The first kappa shape index (κ1) is 25.5. The Hall–Kier alpha value is -2.75. The van der Waals surface area contributed by atoms with Crippen molar-refractivity contribution in [3.8, 4) is 5.75 Å². The number of hydrogen-bond acceptors (Lipinski definition) is 6. The van der Waals surface area contributed by atoms with Gasteiger partial charge in [-0.3, -0.25) is 10.1 Å². The first-order valence-corrected chi connectivity index (χ1v) is 10.8. The third-order valence-corrected chi connectivity index (χ3v) is 5.56. The zero-order chi connectivity index (χ0) is 24.1. The van der Waals surface area contributed by atoms with E-state index in [0.29, 0.717) is 44.5 Å². The number of carbonyl (C=O) groups excluding carboxylic acids is 1. The number of ether oxygens (including phenoxy) is 2. The third-order valence-electron chi connectivity index (χ3n) is 5.21. The molecule has 2 rings (SSSR count). The summed E-state index contributed by atoms with van der Waals surface area (Å²) in [4.78, 5) is 37.5. The van der Waals surface area contributed by atoms with Gasteiger partial charge in [-0.05, 0) is 57.6 Å². The number of nitro groups is 1. The Balaban J connectivity index is 2.14. The summed E-state index contributed by atoms with van der Waals surface area (Å²) in [6.07, 6.45) is 0.243. The second-order valence-electron chi connectivity index (χ2n) is 8.76. The van der Waals surface area contributed by atoms with Gasteiger partial charge in [0.05, 0.1) is 17.1 Å². The summed E-state index contributed by atoms with van der Waals surface area (Å²) >= 11 is 6.25. The number of nitrogens with zero attached hydrogens (tertiary/aromatic N) is 3. The molecule has 0 bridgehead atoms. The number of nitro benzene ring substituents is 1. The molecule has 1 aliphatic rings. The van der Waals surface area contributed by atoms with Crippen molar-refractivity contribution in [3.63, 3.8) is 0 Å². The monoisotopic (exact) mass is 471 g/mol. The first-order chi connectivity index (χ1) is 14.9. The lowest BCUT2D eigenvalue weighted by molar-refractivity contribution is -0.385. The molecular formula is C21H30ClN3O7. The lowest BCUT2D eigenvalue weighted by Crippen LogP contribution is -2.44. The van der Waals surface area contributed by atoms with Crippen LogP contribution in [0.4, 0.5) is 15.3 Å². The highest BCUT2D eigenvalue weighted by atomic mass is 35.5. The van der Waals surface area contributed by atoms with Gasteiger partial charge in [0.25, 0.3) is 0 Å².